The molecule has 0 bridgehead atoms. The molecule has 5 rings (SSSR count). The molecule has 6 nitrogen and oxygen atoms in total. The summed E-state index contributed by atoms with van der Waals surface area (Å²) < 4.78 is 11.5. The molecule has 1 atom stereocenters. The van der Waals surface area contributed by atoms with E-state index in [2.05, 4.69) is 11.6 Å². The van der Waals surface area contributed by atoms with Crippen LogP contribution in [0, 0.1) is 0 Å². The Morgan fingerprint density at radius 2 is 2.03 bits per heavy atom. The maximum atomic E-state index is 13.5. The van der Waals surface area contributed by atoms with Crippen LogP contribution in [0.5, 0.6) is 5.75 Å². The summed E-state index contributed by atoms with van der Waals surface area (Å²) >= 11 is 7.42. The predicted molar refractivity (Wildman–Crippen MR) is 120 cm³/mol. The van der Waals surface area contributed by atoms with E-state index in [9.17, 15) is 9.59 Å². The summed E-state index contributed by atoms with van der Waals surface area (Å²) in [4.78, 5) is 32.6. The van der Waals surface area contributed by atoms with Crippen LogP contribution in [0.3, 0.4) is 0 Å². The van der Waals surface area contributed by atoms with Gasteiger partial charge < -0.3 is 9.15 Å². The minimum Gasteiger partial charge on any atom is -0.490 e. The number of ether oxygens (including phenoxy) is 1. The van der Waals surface area contributed by atoms with Crippen LogP contribution in [0.1, 0.15) is 27.7 Å². The molecule has 31 heavy (non-hydrogen) atoms. The van der Waals surface area contributed by atoms with Gasteiger partial charge in [0.05, 0.1) is 17.0 Å². The minimum atomic E-state index is -0.679. The Bertz CT molecular complexity index is 1360. The molecule has 1 aliphatic heterocycles. The molecule has 0 radical (unpaired) electrons. The molecule has 0 spiro atoms. The van der Waals surface area contributed by atoms with Crippen molar-refractivity contribution in [2.24, 2.45) is 0 Å². The molecule has 4 aromatic rings. The van der Waals surface area contributed by atoms with Crippen LogP contribution in [0.15, 0.2) is 75.9 Å². The van der Waals surface area contributed by atoms with Crippen LogP contribution in [-0.2, 0) is 0 Å². The number of carbonyl (C=O) groups is 1. The van der Waals surface area contributed by atoms with Gasteiger partial charge in [0.25, 0.3) is 5.91 Å². The molecule has 0 fully saturated rings. The number of hydrogen-bond acceptors (Lipinski definition) is 6. The SMILES string of the molecule is C=CCOc1ccc([C@H]2c3c(oc4ccc(Cl)cc4c3=O)C(=O)N2c2nccs2)cc1. The quantitative estimate of drug-likeness (QED) is 0.390. The highest BCUT2D eigenvalue weighted by Crippen LogP contribution is 2.42. The number of carbonyl (C=O) groups excluding carboxylic acids is 1. The number of halogens is 1. The van der Waals surface area contributed by atoms with E-state index in [4.69, 9.17) is 20.8 Å². The van der Waals surface area contributed by atoms with E-state index in [1.165, 1.54) is 16.2 Å². The molecule has 0 saturated carbocycles. The molecule has 0 unspecified atom stereocenters. The molecule has 154 valence electrons. The van der Waals surface area contributed by atoms with Gasteiger partial charge in [0.1, 0.15) is 17.9 Å². The monoisotopic (exact) mass is 450 g/mol. The summed E-state index contributed by atoms with van der Waals surface area (Å²) in [6.45, 7) is 4.02. The van der Waals surface area contributed by atoms with E-state index in [1.807, 2.05) is 12.1 Å². The van der Waals surface area contributed by atoms with Gasteiger partial charge in [-0.2, -0.15) is 0 Å². The first-order valence-electron chi connectivity index (χ1n) is 9.41. The normalized spacial score (nSPS) is 15.3. The largest absolute Gasteiger partial charge is 0.490 e. The lowest BCUT2D eigenvalue weighted by Gasteiger charge is -2.22. The van der Waals surface area contributed by atoms with Crippen molar-refractivity contribution in [2.45, 2.75) is 6.04 Å². The van der Waals surface area contributed by atoms with E-state index in [0.717, 1.165) is 5.56 Å². The summed E-state index contributed by atoms with van der Waals surface area (Å²) in [6, 6.07) is 11.3. The fraction of sp³-hybridized carbons (Fsp3) is 0.0870. The second kappa shape index (κ2) is 7.68. The number of nitrogens with zero attached hydrogens (tertiary/aromatic N) is 2. The summed E-state index contributed by atoms with van der Waals surface area (Å²) in [5.74, 6) is 0.272. The molecule has 2 aromatic heterocycles. The van der Waals surface area contributed by atoms with Crippen molar-refractivity contribution in [3.05, 3.63) is 98.8 Å². The zero-order valence-electron chi connectivity index (χ0n) is 16.1. The Hall–Kier alpha value is -3.42. The van der Waals surface area contributed by atoms with Gasteiger partial charge in [-0.15, -0.1) is 11.3 Å². The van der Waals surface area contributed by atoms with Gasteiger partial charge in [-0.3, -0.25) is 14.5 Å². The molecule has 2 aromatic carbocycles. The summed E-state index contributed by atoms with van der Waals surface area (Å²) in [5, 5.41) is 3.01. The van der Waals surface area contributed by atoms with Crippen LogP contribution < -0.4 is 15.1 Å². The van der Waals surface area contributed by atoms with Crippen molar-refractivity contribution in [1.29, 1.82) is 0 Å². The standard InChI is InChI=1S/C23H15ClN2O4S/c1-2-10-29-15-6-3-13(4-7-15)19-18-20(27)16-12-14(24)5-8-17(16)30-21(18)22(28)26(19)23-25-9-11-31-23/h2-9,11-12,19H,1,10H2/t19-/m0/s1. The number of benzene rings is 2. The van der Waals surface area contributed by atoms with Crippen molar-refractivity contribution in [3.8, 4) is 5.75 Å². The fourth-order valence-corrected chi connectivity index (χ4v) is 4.53. The Labute approximate surface area is 186 Å². The zero-order valence-corrected chi connectivity index (χ0v) is 17.7. The van der Waals surface area contributed by atoms with Crippen LogP contribution in [-0.4, -0.2) is 17.5 Å². The first-order valence-corrected chi connectivity index (χ1v) is 10.7. The smallest absolute Gasteiger partial charge is 0.297 e. The van der Waals surface area contributed by atoms with Gasteiger partial charge in [0.15, 0.2) is 10.6 Å². The number of amides is 1. The Morgan fingerprint density at radius 3 is 2.74 bits per heavy atom. The lowest BCUT2D eigenvalue weighted by atomic mass is 9.98. The number of anilines is 1. The fourth-order valence-electron chi connectivity index (χ4n) is 3.69. The lowest BCUT2D eigenvalue weighted by molar-refractivity contribution is 0.0971. The van der Waals surface area contributed by atoms with Gasteiger partial charge in [-0.05, 0) is 35.9 Å². The van der Waals surface area contributed by atoms with E-state index in [0.29, 0.717) is 33.5 Å². The van der Waals surface area contributed by atoms with Crippen molar-refractivity contribution in [1.82, 2.24) is 4.98 Å². The first kappa shape index (κ1) is 19.5. The van der Waals surface area contributed by atoms with Crippen molar-refractivity contribution >= 4 is 44.9 Å². The molecule has 1 amide bonds. The van der Waals surface area contributed by atoms with Crippen LogP contribution >= 0.6 is 22.9 Å². The highest BCUT2D eigenvalue weighted by Gasteiger charge is 2.44. The van der Waals surface area contributed by atoms with Crippen molar-refractivity contribution in [3.63, 3.8) is 0 Å². The maximum absolute atomic E-state index is 13.5. The summed E-state index contributed by atoms with van der Waals surface area (Å²) in [7, 11) is 0. The van der Waals surface area contributed by atoms with Crippen molar-refractivity contribution < 1.29 is 13.9 Å². The van der Waals surface area contributed by atoms with Gasteiger partial charge in [0, 0.05) is 16.6 Å². The van der Waals surface area contributed by atoms with Crippen molar-refractivity contribution in [2.75, 3.05) is 11.5 Å². The minimum absolute atomic E-state index is 0.0204. The predicted octanol–water partition coefficient (Wildman–Crippen LogP) is 5.22. The topological polar surface area (TPSA) is 72.6 Å². The van der Waals surface area contributed by atoms with Gasteiger partial charge in [-0.1, -0.05) is 36.4 Å². The third kappa shape index (κ3) is 3.22. The van der Waals surface area contributed by atoms with Crippen LogP contribution in [0.4, 0.5) is 5.13 Å². The molecule has 1 aliphatic rings. The lowest BCUT2D eigenvalue weighted by Crippen LogP contribution is -2.29. The average molecular weight is 451 g/mol. The zero-order chi connectivity index (χ0) is 21.5. The summed E-state index contributed by atoms with van der Waals surface area (Å²) in [6.07, 6.45) is 3.27. The van der Waals surface area contributed by atoms with Gasteiger partial charge >= 0.3 is 0 Å². The molecular weight excluding hydrogens is 436 g/mol. The van der Waals surface area contributed by atoms with E-state index in [1.54, 1.807) is 48.0 Å². The van der Waals surface area contributed by atoms with Crippen LogP contribution in [0.2, 0.25) is 5.02 Å². The number of thiazole rings is 1. The summed E-state index contributed by atoms with van der Waals surface area (Å²) in [5.41, 5.74) is 1.04. The number of rotatable bonds is 5. The third-order valence-electron chi connectivity index (χ3n) is 5.02. The van der Waals surface area contributed by atoms with E-state index >= 15 is 0 Å². The highest BCUT2D eigenvalue weighted by atomic mass is 35.5. The number of hydrogen-bond donors (Lipinski definition) is 0. The Balaban J connectivity index is 1.72. The van der Waals surface area contributed by atoms with Crippen LogP contribution in [0.25, 0.3) is 11.0 Å². The number of aromatic nitrogens is 1. The molecule has 0 aliphatic carbocycles. The van der Waals surface area contributed by atoms with E-state index < -0.39 is 11.9 Å². The van der Waals surface area contributed by atoms with Gasteiger partial charge in [0.2, 0.25) is 5.76 Å². The molecule has 3 heterocycles. The first-order chi connectivity index (χ1) is 15.1. The third-order valence-corrected chi connectivity index (χ3v) is 6.03. The van der Waals surface area contributed by atoms with Gasteiger partial charge in [-0.25, -0.2) is 4.98 Å². The molecule has 0 saturated heterocycles. The second-order valence-electron chi connectivity index (χ2n) is 6.88. The average Bonchev–Trinajstić information content (AvgIpc) is 3.40. The Kier molecular flexibility index (Phi) is 4.84. The maximum Gasteiger partial charge on any atom is 0.297 e. The second-order valence-corrected chi connectivity index (χ2v) is 8.19. The Morgan fingerprint density at radius 1 is 1.23 bits per heavy atom. The molecular formula is C23H15ClN2O4S. The van der Waals surface area contributed by atoms with E-state index in [-0.39, 0.29) is 16.8 Å². The molecule has 0 N–H and O–H groups in total. The highest BCUT2D eigenvalue weighted by molar-refractivity contribution is 7.13. The molecule has 8 heteroatoms. The number of fused-ring (bicyclic) bond motifs is 2.